The lowest BCUT2D eigenvalue weighted by Crippen LogP contribution is -2.21. The molecule has 0 aliphatic heterocycles. The minimum absolute atomic E-state index is 0.100. The highest BCUT2D eigenvalue weighted by molar-refractivity contribution is 6.06. The first-order valence-electron chi connectivity index (χ1n) is 7.71. The number of rotatable bonds is 6. The van der Waals surface area contributed by atoms with Crippen LogP contribution in [0.5, 0.6) is 0 Å². The van der Waals surface area contributed by atoms with E-state index in [0.717, 1.165) is 12.1 Å². The molecule has 0 aliphatic rings. The van der Waals surface area contributed by atoms with Gasteiger partial charge in [0.2, 0.25) is 5.91 Å². The third-order valence-electron chi connectivity index (χ3n) is 3.33. The van der Waals surface area contributed by atoms with E-state index in [1.165, 1.54) is 11.8 Å². The SMILES string of the molecule is CCc1ccc(NC(=O)C/C(C)=N\NC(=O)c2cccnc2)cc1. The van der Waals surface area contributed by atoms with Crippen LogP contribution in [0.15, 0.2) is 53.9 Å². The van der Waals surface area contributed by atoms with E-state index in [9.17, 15) is 9.59 Å². The lowest BCUT2D eigenvalue weighted by Gasteiger charge is -2.06. The third kappa shape index (κ3) is 5.31. The molecular formula is C18H20N4O2. The Bertz CT molecular complexity index is 724. The van der Waals surface area contributed by atoms with Gasteiger partial charge in [-0.3, -0.25) is 14.6 Å². The van der Waals surface area contributed by atoms with Crippen molar-refractivity contribution in [3.05, 3.63) is 59.9 Å². The van der Waals surface area contributed by atoms with Crippen molar-refractivity contribution in [3.8, 4) is 0 Å². The molecule has 6 heteroatoms. The summed E-state index contributed by atoms with van der Waals surface area (Å²) in [5.41, 5.74) is 5.28. The van der Waals surface area contributed by atoms with Gasteiger partial charge >= 0.3 is 0 Å². The summed E-state index contributed by atoms with van der Waals surface area (Å²) in [6.07, 6.45) is 4.09. The number of nitrogens with zero attached hydrogens (tertiary/aromatic N) is 2. The Labute approximate surface area is 141 Å². The fourth-order valence-corrected chi connectivity index (χ4v) is 2.01. The molecule has 2 amide bonds. The van der Waals surface area contributed by atoms with Crippen LogP contribution >= 0.6 is 0 Å². The summed E-state index contributed by atoms with van der Waals surface area (Å²) in [4.78, 5) is 27.7. The van der Waals surface area contributed by atoms with Gasteiger partial charge < -0.3 is 5.32 Å². The number of aryl methyl sites for hydroxylation is 1. The van der Waals surface area contributed by atoms with Gasteiger partial charge in [0, 0.05) is 23.8 Å². The quantitative estimate of drug-likeness (QED) is 0.633. The predicted octanol–water partition coefficient (Wildman–Crippen LogP) is 2.78. The number of hydrogen-bond donors (Lipinski definition) is 2. The fraction of sp³-hybridized carbons (Fsp3) is 0.222. The zero-order chi connectivity index (χ0) is 17.4. The average Bonchev–Trinajstić information content (AvgIpc) is 2.61. The van der Waals surface area contributed by atoms with Crippen molar-refractivity contribution >= 4 is 23.2 Å². The Morgan fingerprint density at radius 3 is 2.54 bits per heavy atom. The molecule has 6 nitrogen and oxygen atoms in total. The maximum absolute atomic E-state index is 12.0. The number of anilines is 1. The van der Waals surface area contributed by atoms with Crippen LogP contribution in [0.3, 0.4) is 0 Å². The number of hydrazone groups is 1. The van der Waals surface area contributed by atoms with Gasteiger partial charge in [-0.15, -0.1) is 0 Å². The van der Waals surface area contributed by atoms with Gasteiger partial charge in [-0.1, -0.05) is 19.1 Å². The van der Waals surface area contributed by atoms with Crippen LogP contribution in [0, 0.1) is 0 Å². The second-order valence-electron chi connectivity index (χ2n) is 5.31. The smallest absolute Gasteiger partial charge is 0.272 e. The number of nitrogens with one attached hydrogen (secondary N) is 2. The zero-order valence-electron chi connectivity index (χ0n) is 13.7. The number of hydrogen-bond acceptors (Lipinski definition) is 4. The first kappa shape index (κ1) is 17.3. The van der Waals surface area contributed by atoms with Crippen molar-refractivity contribution in [2.45, 2.75) is 26.7 Å². The molecule has 2 rings (SSSR count). The normalized spacial score (nSPS) is 11.0. The summed E-state index contributed by atoms with van der Waals surface area (Å²) in [5.74, 6) is -0.547. The van der Waals surface area contributed by atoms with Crippen LogP contribution < -0.4 is 10.7 Å². The molecule has 1 aromatic carbocycles. The van der Waals surface area contributed by atoms with Gasteiger partial charge in [-0.2, -0.15) is 5.10 Å². The van der Waals surface area contributed by atoms with Crippen molar-refractivity contribution in [1.82, 2.24) is 10.4 Å². The summed E-state index contributed by atoms with van der Waals surface area (Å²) in [6, 6.07) is 11.0. The van der Waals surface area contributed by atoms with E-state index in [0.29, 0.717) is 11.3 Å². The van der Waals surface area contributed by atoms with Crippen LogP contribution in [-0.2, 0) is 11.2 Å². The van der Waals surface area contributed by atoms with Crippen LogP contribution in [0.25, 0.3) is 0 Å². The Kier molecular flexibility index (Phi) is 6.19. The Hall–Kier alpha value is -3.02. The Balaban J connectivity index is 1.85. The fourth-order valence-electron chi connectivity index (χ4n) is 2.01. The molecule has 124 valence electrons. The van der Waals surface area contributed by atoms with E-state index in [-0.39, 0.29) is 18.2 Å². The van der Waals surface area contributed by atoms with Gasteiger partial charge in [-0.25, -0.2) is 5.43 Å². The molecule has 0 radical (unpaired) electrons. The van der Waals surface area contributed by atoms with Gasteiger partial charge in [0.05, 0.1) is 12.0 Å². The number of amides is 2. The molecule has 24 heavy (non-hydrogen) atoms. The van der Waals surface area contributed by atoms with Crippen LogP contribution in [0.4, 0.5) is 5.69 Å². The molecule has 1 heterocycles. The minimum atomic E-state index is -0.363. The lowest BCUT2D eigenvalue weighted by atomic mass is 10.1. The molecule has 2 aromatic rings. The predicted molar refractivity (Wildman–Crippen MR) is 93.9 cm³/mol. The second-order valence-corrected chi connectivity index (χ2v) is 5.31. The molecule has 0 unspecified atom stereocenters. The molecule has 0 aliphatic carbocycles. The van der Waals surface area contributed by atoms with E-state index in [2.05, 4.69) is 27.8 Å². The summed E-state index contributed by atoms with van der Waals surface area (Å²) < 4.78 is 0. The van der Waals surface area contributed by atoms with Gasteiger partial charge in [0.15, 0.2) is 0 Å². The second kappa shape index (κ2) is 8.57. The summed E-state index contributed by atoms with van der Waals surface area (Å²) in [5, 5.41) is 6.74. The highest BCUT2D eigenvalue weighted by Crippen LogP contribution is 2.10. The Morgan fingerprint density at radius 1 is 1.17 bits per heavy atom. The number of benzene rings is 1. The average molecular weight is 324 g/mol. The zero-order valence-corrected chi connectivity index (χ0v) is 13.7. The summed E-state index contributed by atoms with van der Waals surface area (Å²) in [6.45, 7) is 3.76. The number of aromatic nitrogens is 1. The minimum Gasteiger partial charge on any atom is -0.326 e. The summed E-state index contributed by atoms with van der Waals surface area (Å²) in [7, 11) is 0. The van der Waals surface area contributed by atoms with Crippen molar-refractivity contribution < 1.29 is 9.59 Å². The largest absolute Gasteiger partial charge is 0.326 e. The van der Waals surface area contributed by atoms with Crippen LogP contribution in [0.1, 0.15) is 36.2 Å². The van der Waals surface area contributed by atoms with Gasteiger partial charge in [-0.05, 0) is 43.2 Å². The molecular weight excluding hydrogens is 304 g/mol. The number of carbonyl (C=O) groups is 2. The standard InChI is InChI=1S/C18H20N4O2/c1-3-14-6-8-16(9-7-14)20-17(23)11-13(2)21-22-18(24)15-5-4-10-19-12-15/h4-10,12H,3,11H2,1-2H3,(H,20,23)(H,22,24)/b21-13-. The third-order valence-corrected chi connectivity index (χ3v) is 3.33. The van der Waals surface area contributed by atoms with Crippen molar-refractivity contribution in [2.24, 2.45) is 5.10 Å². The topological polar surface area (TPSA) is 83.5 Å². The van der Waals surface area contributed by atoms with E-state index in [1.54, 1.807) is 25.3 Å². The highest BCUT2D eigenvalue weighted by Gasteiger charge is 2.07. The van der Waals surface area contributed by atoms with Crippen molar-refractivity contribution in [2.75, 3.05) is 5.32 Å². The van der Waals surface area contributed by atoms with E-state index in [1.807, 2.05) is 24.3 Å². The van der Waals surface area contributed by atoms with Crippen LogP contribution in [-0.4, -0.2) is 22.5 Å². The maximum Gasteiger partial charge on any atom is 0.272 e. The van der Waals surface area contributed by atoms with E-state index >= 15 is 0 Å². The molecule has 1 aromatic heterocycles. The molecule has 2 N–H and O–H groups in total. The maximum atomic E-state index is 12.0. The first-order valence-corrected chi connectivity index (χ1v) is 7.71. The van der Waals surface area contributed by atoms with Crippen molar-refractivity contribution in [3.63, 3.8) is 0 Å². The molecule has 0 saturated carbocycles. The Morgan fingerprint density at radius 2 is 1.92 bits per heavy atom. The molecule has 0 saturated heterocycles. The van der Waals surface area contributed by atoms with Crippen molar-refractivity contribution in [1.29, 1.82) is 0 Å². The van der Waals surface area contributed by atoms with E-state index < -0.39 is 0 Å². The highest BCUT2D eigenvalue weighted by atomic mass is 16.2. The number of carbonyl (C=O) groups excluding carboxylic acids is 2. The molecule has 0 fully saturated rings. The van der Waals surface area contributed by atoms with Gasteiger partial charge in [0.1, 0.15) is 0 Å². The molecule has 0 atom stereocenters. The summed E-state index contributed by atoms with van der Waals surface area (Å²) >= 11 is 0. The monoisotopic (exact) mass is 324 g/mol. The molecule has 0 spiro atoms. The lowest BCUT2D eigenvalue weighted by molar-refractivity contribution is -0.115. The molecule has 0 bridgehead atoms. The first-order chi connectivity index (χ1) is 11.6. The van der Waals surface area contributed by atoms with Gasteiger partial charge in [0.25, 0.3) is 5.91 Å². The van der Waals surface area contributed by atoms with E-state index in [4.69, 9.17) is 0 Å². The van der Waals surface area contributed by atoms with Crippen LogP contribution in [0.2, 0.25) is 0 Å². The number of pyridine rings is 1.